The molecule has 1 aliphatic heterocycles. The molecule has 1 atom stereocenters. The second kappa shape index (κ2) is 5.33. The summed E-state index contributed by atoms with van der Waals surface area (Å²) in [6, 6.07) is 2.75. The Kier molecular flexibility index (Phi) is 3.69. The Morgan fingerprint density at radius 2 is 2.20 bits per heavy atom. The lowest BCUT2D eigenvalue weighted by Crippen LogP contribution is -2.33. The molecular weight excluding hydrogens is 274 g/mol. The Balaban J connectivity index is 1.74. The largest absolute Gasteiger partial charge is 0.369 e. The maximum Gasteiger partial charge on any atom is 0.152 e. The third-order valence-corrected chi connectivity index (χ3v) is 5.93. The maximum absolute atomic E-state index is 11.6. The van der Waals surface area contributed by atoms with E-state index in [1.165, 1.54) is 18.4 Å². The van der Waals surface area contributed by atoms with Crippen molar-refractivity contribution in [2.45, 2.75) is 37.9 Å². The van der Waals surface area contributed by atoms with Crippen LogP contribution in [0.2, 0.25) is 0 Å². The van der Waals surface area contributed by atoms with Crippen molar-refractivity contribution in [2.75, 3.05) is 23.5 Å². The fraction of sp³-hybridized carbons (Fsp3) is 0.643. The molecule has 0 radical (unpaired) electrons. The van der Waals surface area contributed by atoms with Crippen LogP contribution in [0.5, 0.6) is 0 Å². The third-order valence-electron chi connectivity index (χ3n) is 4.18. The molecule has 20 heavy (non-hydrogen) atoms. The van der Waals surface area contributed by atoms with E-state index >= 15 is 0 Å². The Morgan fingerprint density at radius 1 is 1.40 bits per heavy atom. The highest BCUT2D eigenvalue weighted by molar-refractivity contribution is 7.91. The van der Waals surface area contributed by atoms with Crippen LogP contribution in [0.1, 0.15) is 24.8 Å². The van der Waals surface area contributed by atoms with Crippen LogP contribution in [0, 0.1) is 0 Å². The molecule has 1 unspecified atom stereocenters. The lowest BCUT2D eigenvalue weighted by Gasteiger charge is -2.27. The van der Waals surface area contributed by atoms with Crippen LogP contribution >= 0.6 is 0 Å². The smallest absolute Gasteiger partial charge is 0.152 e. The van der Waals surface area contributed by atoms with E-state index in [2.05, 4.69) is 15.2 Å². The van der Waals surface area contributed by atoms with Gasteiger partial charge in [0.1, 0.15) is 0 Å². The zero-order valence-electron chi connectivity index (χ0n) is 11.7. The fourth-order valence-corrected chi connectivity index (χ4v) is 4.48. The van der Waals surface area contributed by atoms with Gasteiger partial charge in [-0.15, -0.1) is 0 Å². The zero-order valence-corrected chi connectivity index (χ0v) is 12.6. The van der Waals surface area contributed by atoms with E-state index in [1.807, 2.05) is 19.3 Å². The SMILES string of the molecule is CN(c1cnccc1CNC1CC1)C1CCS(=O)(=O)C1. The molecule has 1 aromatic heterocycles. The molecule has 2 fully saturated rings. The second-order valence-electron chi connectivity index (χ2n) is 5.83. The van der Waals surface area contributed by atoms with Crippen molar-refractivity contribution in [3.05, 3.63) is 24.0 Å². The molecule has 1 saturated carbocycles. The van der Waals surface area contributed by atoms with Crippen molar-refractivity contribution >= 4 is 15.5 Å². The number of hydrogen-bond acceptors (Lipinski definition) is 5. The van der Waals surface area contributed by atoms with Crippen LogP contribution in [0.3, 0.4) is 0 Å². The summed E-state index contributed by atoms with van der Waals surface area (Å²) in [7, 11) is -0.879. The highest BCUT2D eigenvalue weighted by Gasteiger charge is 2.31. The molecule has 0 bridgehead atoms. The summed E-state index contributed by atoms with van der Waals surface area (Å²) >= 11 is 0. The Morgan fingerprint density at radius 3 is 2.85 bits per heavy atom. The molecule has 1 aromatic rings. The topological polar surface area (TPSA) is 62.3 Å². The lowest BCUT2D eigenvalue weighted by molar-refractivity contribution is 0.600. The number of anilines is 1. The Bertz CT molecular complexity index is 584. The number of sulfone groups is 1. The lowest BCUT2D eigenvalue weighted by atomic mass is 10.1. The molecule has 1 N–H and O–H groups in total. The summed E-state index contributed by atoms with van der Waals surface area (Å²) in [4.78, 5) is 6.28. The summed E-state index contributed by atoms with van der Waals surface area (Å²) in [5, 5.41) is 3.50. The highest BCUT2D eigenvalue weighted by Crippen LogP contribution is 2.26. The summed E-state index contributed by atoms with van der Waals surface area (Å²) in [6.07, 6.45) is 6.87. The standard InChI is InChI=1S/C14H21N3O2S/c1-17(13-5-7-20(18,19)10-13)14-9-15-6-4-11(14)8-16-12-2-3-12/h4,6,9,12-13,16H,2-3,5,7-8,10H2,1H3. The van der Waals surface area contributed by atoms with E-state index in [0.717, 1.165) is 12.2 Å². The second-order valence-corrected chi connectivity index (χ2v) is 8.06. The summed E-state index contributed by atoms with van der Waals surface area (Å²) in [5.41, 5.74) is 2.24. The van der Waals surface area contributed by atoms with Gasteiger partial charge in [-0.1, -0.05) is 0 Å². The quantitative estimate of drug-likeness (QED) is 0.876. The van der Waals surface area contributed by atoms with Crippen LogP contribution < -0.4 is 10.2 Å². The van der Waals surface area contributed by atoms with Gasteiger partial charge in [0.15, 0.2) is 9.84 Å². The number of pyridine rings is 1. The number of hydrogen-bond donors (Lipinski definition) is 1. The third kappa shape index (κ3) is 3.12. The van der Waals surface area contributed by atoms with Gasteiger partial charge in [-0.05, 0) is 30.9 Å². The summed E-state index contributed by atoms with van der Waals surface area (Å²) in [6.45, 7) is 0.826. The molecule has 6 heteroatoms. The van der Waals surface area contributed by atoms with Crippen molar-refractivity contribution in [1.29, 1.82) is 0 Å². The molecular formula is C14H21N3O2S. The van der Waals surface area contributed by atoms with Crippen LogP contribution in [-0.2, 0) is 16.4 Å². The van der Waals surface area contributed by atoms with E-state index in [-0.39, 0.29) is 11.8 Å². The van der Waals surface area contributed by atoms with Crippen LogP contribution in [0.4, 0.5) is 5.69 Å². The van der Waals surface area contributed by atoms with Gasteiger partial charge in [0.2, 0.25) is 0 Å². The van der Waals surface area contributed by atoms with Gasteiger partial charge in [-0.3, -0.25) is 4.98 Å². The minimum Gasteiger partial charge on any atom is -0.369 e. The first-order chi connectivity index (χ1) is 9.55. The fourth-order valence-electron chi connectivity index (χ4n) is 2.70. The van der Waals surface area contributed by atoms with Gasteiger partial charge in [0.05, 0.1) is 23.4 Å². The zero-order chi connectivity index (χ0) is 14.2. The van der Waals surface area contributed by atoms with E-state index in [4.69, 9.17) is 0 Å². The van der Waals surface area contributed by atoms with E-state index < -0.39 is 9.84 Å². The first kappa shape index (κ1) is 13.8. The number of nitrogens with zero attached hydrogens (tertiary/aromatic N) is 2. The first-order valence-corrected chi connectivity index (χ1v) is 8.97. The van der Waals surface area contributed by atoms with Gasteiger partial charge in [0, 0.05) is 31.9 Å². The van der Waals surface area contributed by atoms with Crippen LogP contribution in [0.25, 0.3) is 0 Å². The predicted octanol–water partition coefficient (Wildman–Crippen LogP) is 0.957. The van der Waals surface area contributed by atoms with Gasteiger partial charge in [-0.25, -0.2) is 8.42 Å². The predicted molar refractivity (Wildman–Crippen MR) is 79.6 cm³/mol. The minimum atomic E-state index is -2.85. The average molecular weight is 295 g/mol. The average Bonchev–Trinajstić information content (AvgIpc) is 3.19. The molecule has 0 spiro atoms. The van der Waals surface area contributed by atoms with Gasteiger partial charge in [0.25, 0.3) is 0 Å². The summed E-state index contributed by atoms with van der Waals surface area (Å²) in [5.74, 6) is 0.561. The molecule has 0 amide bonds. The molecule has 2 heterocycles. The van der Waals surface area contributed by atoms with Crippen LogP contribution in [-0.4, -0.2) is 44.0 Å². The van der Waals surface area contributed by atoms with Gasteiger partial charge in [-0.2, -0.15) is 0 Å². The van der Waals surface area contributed by atoms with E-state index in [1.54, 1.807) is 6.20 Å². The van der Waals surface area contributed by atoms with E-state index in [9.17, 15) is 8.42 Å². The van der Waals surface area contributed by atoms with Crippen molar-refractivity contribution in [3.63, 3.8) is 0 Å². The molecule has 0 aromatic carbocycles. The van der Waals surface area contributed by atoms with Crippen molar-refractivity contribution in [3.8, 4) is 0 Å². The monoisotopic (exact) mass is 295 g/mol. The molecule has 1 aliphatic carbocycles. The number of rotatable bonds is 5. The molecule has 110 valence electrons. The Hall–Kier alpha value is -1.14. The maximum atomic E-state index is 11.6. The molecule has 2 aliphatic rings. The van der Waals surface area contributed by atoms with Gasteiger partial charge >= 0.3 is 0 Å². The minimum absolute atomic E-state index is 0.0730. The van der Waals surface area contributed by atoms with Crippen LogP contribution in [0.15, 0.2) is 18.5 Å². The highest BCUT2D eigenvalue weighted by atomic mass is 32.2. The number of nitrogens with one attached hydrogen (secondary N) is 1. The van der Waals surface area contributed by atoms with E-state index in [0.29, 0.717) is 18.2 Å². The van der Waals surface area contributed by atoms with Gasteiger partial charge < -0.3 is 10.2 Å². The Labute approximate surface area is 120 Å². The molecule has 1 saturated heterocycles. The summed E-state index contributed by atoms with van der Waals surface area (Å²) < 4.78 is 23.3. The normalized spacial score (nSPS) is 24.8. The van der Waals surface area contributed by atoms with Crippen molar-refractivity contribution in [2.24, 2.45) is 0 Å². The molecule has 3 rings (SSSR count). The van der Waals surface area contributed by atoms with Crippen molar-refractivity contribution in [1.82, 2.24) is 10.3 Å². The van der Waals surface area contributed by atoms with Crippen molar-refractivity contribution < 1.29 is 8.42 Å². The number of aromatic nitrogens is 1. The molecule has 5 nitrogen and oxygen atoms in total. The first-order valence-electron chi connectivity index (χ1n) is 7.15.